The molecule has 0 atom stereocenters. The van der Waals surface area contributed by atoms with E-state index < -0.39 is 10.0 Å². The normalized spacial score (nSPS) is 17.4. The molecule has 1 amide bonds. The van der Waals surface area contributed by atoms with E-state index in [1.165, 1.54) is 16.6 Å². The lowest BCUT2D eigenvalue weighted by molar-refractivity contribution is -0.120. The van der Waals surface area contributed by atoms with Crippen molar-refractivity contribution >= 4 is 21.7 Å². The third-order valence-electron chi connectivity index (χ3n) is 2.96. The van der Waals surface area contributed by atoms with Crippen LogP contribution in [0.1, 0.15) is 13.3 Å². The van der Waals surface area contributed by atoms with Crippen LogP contribution >= 0.6 is 0 Å². The van der Waals surface area contributed by atoms with Crippen molar-refractivity contribution < 1.29 is 13.2 Å². The van der Waals surface area contributed by atoms with E-state index in [1.54, 1.807) is 6.07 Å². The summed E-state index contributed by atoms with van der Waals surface area (Å²) >= 11 is 0. The van der Waals surface area contributed by atoms with Crippen LogP contribution in [0.15, 0.2) is 23.2 Å². The molecule has 0 bridgehead atoms. The lowest BCUT2D eigenvalue weighted by Gasteiger charge is -2.20. The third kappa shape index (κ3) is 3.07. The molecule has 0 spiro atoms. The van der Waals surface area contributed by atoms with Crippen LogP contribution in [0, 0.1) is 0 Å². The Morgan fingerprint density at radius 2 is 2.30 bits per heavy atom. The minimum absolute atomic E-state index is 0.108. The Morgan fingerprint density at radius 3 is 3.05 bits per heavy atom. The Morgan fingerprint density at radius 1 is 1.50 bits per heavy atom. The van der Waals surface area contributed by atoms with E-state index in [9.17, 15) is 13.2 Å². The number of rotatable bonds is 4. The Kier molecular flexibility index (Phi) is 4.56. The van der Waals surface area contributed by atoms with Gasteiger partial charge < -0.3 is 10.6 Å². The first kappa shape index (κ1) is 14.7. The van der Waals surface area contributed by atoms with Gasteiger partial charge in [-0.15, -0.1) is 0 Å². The van der Waals surface area contributed by atoms with Gasteiger partial charge in [0, 0.05) is 25.8 Å². The molecule has 1 aliphatic heterocycles. The van der Waals surface area contributed by atoms with Crippen LogP contribution in [0.4, 0.5) is 5.82 Å². The Balaban J connectivity index is 2.36. The number of pyridine rings is 1. The number of anilines is 1. The molecule has 0 saturated carbocycles. The molecule has 1 aromatic heterocycles. The first-order valence-corrected chi connectivity index (χ1v) is 7.95. The van der Waals surface area contributed by atoms with Gasteiger partial charge in [-0.1, -0.05) is 0 Å². The molecular formula is C12H18N4O3S. The summed E-state index contributed by atoms with van der Waals surface area (Å²) in [5.41, 5.74) is 0. The summed E-state index contributed by atoms with van der Waals surface area (Å²) in [6.45, 7) is 3.10. The number of nitrogens with zero attached hydrogens (tertiary/aromatic N) is 2. The summed E-state index contributed by atoms with van der Waals surface area (Å²) in [4.78, 5) is 15.7. The fraction of sp³-hybridized carbons (Fsp3) is 0.500. The molecule has 2 rings (SSSR count). The van der Waals surface area contributed by atoms with Crippen molar-refractivity contribution in [1.29, 1.82) is 0 Å². The molecule has 8 heteroatoms. The van der Waals surface area contributed by atoms with E-state index >= 15 is 0 Å². The number of carbonyl (C=O) groups excluding carboxylic acids is 1. The molecule has 7 nitrogen and oxygen atoms in total. The van der Waals surface area contributed by atoms with Gasteiger partial charge in [-0.05, 0) is 25.5 Å². The number of hydrogen-bond donors (Lipinski definition) is 2. The van der Waals surface area contributed by atoms with Crippen molar-refractivity contribution in [3.63, 3.8) is 0 Å². The molecule has 2 N–H and O–H groups in total. The topological polar surface area (TPSA) is 91.4 Å². The zero-order valence-electron chi connectivity index (χ0n) is 11.3. The van der Waals surface area contributed by atoms with E-state index in [0.29, 0.717) is 31.9 Å². The van der Waals surface area contributed by atoms with E-state index in [0.717, 1.165) is 0 Å². The van der Waals surface area contributed by atoms with Crippen molar-refractivity contribution in [3.8, 4) is 0 Å². The van der Waals surface area contributed by atoms with Gasteiger partial charge in [0.25, 0.3) is 0 Å². The molecule has 1 saturated heterocycles. The second-order valence-electron chi connectivity index (χ2n) is 4.42. The Labute approximate surface area is 118 Å². The van der Waals surface area contributed by atoms with Crippen molar-refractivity contribution in [2.24, 2.45) is 0 Å². The van der Waals surface area contributed by atoms with Gasteiger partial charge in [-0.25, -0.2) is 13.4 Å². The quantitative estimate of drug-likeness (QED) is 0.818. The highest BCUT2D eigenvalue weighted by molar-refractivity contribution is 7.89. The van der Waals surface area contributed by atoms with Crippen molar-refractivity contribution in [3.05, 3.63) is 18.3 Å². The first-order chi connectivity index (χ1) is 9.55. The van der Waals surface area contributed by atoms with Gasteiger partial charge in [-0.2, -0.15) is 4.31 Å². The zero-order chi connectivity index (χ0) is 14.6. The monoisotopic (exact) mass is 298 g/mol. The molecule has 1 fully saturated rings. The van der Waals surface area contributed by atoms with Crippen LogP contribution in [-0.2, 0) is 14.8 Å². The number of sulfonamides is 1. The summed E-state index contributed by atoms with van der Waals surface area (Å²) in [5.74, 6) is 0.0413. The highest BCUT2D eigenvalue weighted by Gasteiger charge is 2.30. The number of hydrogen-bond acceptors (Lipinski definition) is 5. The average Bonchev–Trinajstić information content (AvgIpc) is 2.65. The molecule has 0 radical (unpaired) electrons. The smallest absolute Gasteiger partial charge is 0.247 e. The largest absolute Gasteiger partial charge is 0.369 e. The van der Waals surface area contributed by atoms with Crippen LogP contribution in [-0.4, -0.2) is 49.8 Å². The van der Waals surface area contributed by atoms with Gasteiger partial charge in [0.05, 0.1) is 6.54 Å². The predicted octanol–water partition coefficient (Wildman–Crippen LogP) is 0.0240. The first-order valence-electron chi connectivity index (χ1n) is 6.51. The lowest BCUT2D eigenvalue weighted by Crippen LogP contribution is -2.37. The summed E-state index contributed by atoms with van der Waals surface area (Å²) < 4.78 is 26.5. The van der Waals surface area contributed by atoms with Crippen molar-refractivity contribution in [2.45, 2.75) is 18.2 Å². The maximum Gasteiger partial charge on any atom is 0.247 e. The molecule has 0 aromatic carbocycles. The predicted molar refractivity (Wildman–Crippen MR) is 74.8 cm³/mol. The molecule has 20 heavy (non-hydrogen) atoms. The summed E-state index contributed by atoms with van der Waals surface area (Å²) in [6.07, 6.45) is 2.13. The molecule has 1 aliphatic rings. The maximum absolute atomic E-state index is 12.6. The van der Waals surface area contributed by atoms with Gasteiger partial charge in [0.1, 0.15) is 10.7 Å². The summed E-state index contributed by atoms with van der Waals surface area (Å²) in [6, 6.07) is 3.08. The van der Waals surface area contributed by atoms with Crippen molar-refractivity contribution in [1.82, 2.24) is 14.6 Å². The van der Waals surface area contributed by atoms with Gasteiger partial charge >= 0.3 is 0 Å². The minimum atomic E-state index is -3.72. The van der Waals surface area contributed by atoms with Gasteiger partial charge in [0.2, 0.25) is 15.9 Å². The van der Waals surface area contributed by atoms with E-state index in [4.69, 9.17) is 0 Å². The lowest BCUT2D eigenvalue weighted by atomic mass is 10.4. The number of carbonyl (C=O) groups is 1. The zero-order valence-corrected chi connectivity index (χ0v) is 12.1. The van der Waals surface area contributed by atoms with E-state index in [2.05, 4.69) is 15.6 Å². The van der Waals surface area contributed by atoms with E-state index in [1.807, 2.05) is 6.92 Å². The average molecular weight is 298 g/mol. The van der Waals surface area contributed by atoms with Gasteiger partial charge in [0.15, 0.2) is 0 Å². The second-order valence-corrected chi connectivity index (χ2v) is 6.33. The van der Waals surface area contributed by atoms with Crippen LogP contribution in [0.2, 0.25) is 0 Å². The number of amides is 1. The molecule has 110 valence electrons. The fourth-order valence-corrected chi connectivity index (χ4v) is 3.58. The van der Waals surface area contributed by atoms with E-state index in [-0.39, 0.29) is 17.3 Å². The third-order valence-corrected chi connectivity index (χ3v) is 4.84. The van der Waals surface area contributed by atoms with Crippen LogP contribution in [0.25, 0.3) is 0 Å². The Bertz CT molecular complexity index is 588. The number of nitrogens with one attached hydrogen (secondary N) is 2. The Hall–Kier alpha value is -1.67. The summed E-state index contributed by atoms with van der Waals surface area (Å²) in [7, 11) is -3.72. The molecular weight excluding hydrogens is 280 g/mol. The highest BCUT2D eigenvalue weighted by Crippen LogP contribution is 2.22. The highest BCUT2D eigenvalue weighted by atomic mass is 32.2. The second kappa shape index (κ2) is 6.19. The van der Waals surface area contributed by atoms with Crippen molar-refractivity contribution in [2.75, 3.05) is 31.5 Å². The summed E-state index contributed by atoms with van der Waals surface area (Å²) in [5, 5.41) is 5.59. The molecule has 2 heterocycles. The SMILES string of the molecule is CCNc1ncccc1S(=O)(=O)N1CCCNC(=O)C1. The maximum atomic E-state index is 12.6. The minimum Gasteiger partial charge on any atom is -0.369 e. The standard InChI is InChI=1S/C12H18N4O3S/c1-2-13-12-10(5-3-6-15-12)20(18,19)16-8-4-7-14-11(17)9-16/h3,5-6H,2,4,7-9H2,1H3,(H,13,15)(H,14,17). The molecule has 0 unspecified atom stereocenters. The van der Waals surface area contributed by atoms with Gasteiger partial charge in [-0.3, -0.25) is 4.79 Å². The molecule has 1 aromatic rings. The number of aromatic nitrogens is 1. The van der Waals surface area contributed by atoms with Crippen LogP contribution in [0.5, 0.6) is 0 Å². The van der Waals surface area contributed by atoms with Crippen LogP contribution < -0.4 is 10.6 Å². The van der Waals surface area contributed by atoms with Crippen LogP contribution in [0.3, 0.4) is 0 Å². The molecule has 0 aliphatic carbocycles. The fourth-order valence-electron chi connectivity index (χ4n) is 2.02.